The van der Waals surface area contributed by atoms with Crippen LogP contribution in [0.5, 0.6) is 5.75 Å². The van der Waals surface area contributed by atoms with Crippen LogP contribution < -0.4 is 4.74 Å². The number of pyridine rings is 1. The third kappa shape index (κ3) is 1.45. The molecule has 0 saturated carbocycles. The SMILES string of the molecule is COc1c2ccccc2nc2oc(CO)cc12. The molecule has 17 heavy (non-hydrogen) atoms. The molecule has 3 rings (SSSR count). The fourth-order valence-corrected chi connectivity index (χ4v) is 1.99. The van der Waals surface area contributed by atoms with Crippen molar-refractivity contribution in [3.8, 4) is 5.75 Å². The highest BCUT2D eigenvalue weighted by Crippen LogP contribution is 2.34. The van der Waals surface area contributed by atoms with Gasteiger partial charge in [-0.25, -0.2) is 4.98 Å². The third-order valence-corrected chi connectivity index (χ3v) is 2.74. The van der Waals surface area contributed by atoms with Crippen LogP contribution in [0.1, 0.15) is 5.76 Å². The largest absolute Gasteiger partial charge is 0.495 e. The van der Waals surface area contributed by atoms with Crippen molar-refractivity contribution in [3.63, 3.8) is 0 Å². The van der Waals surface area contributed by atoms with Crippen molar-refractivity contribution in [2.75, 3.05) is 7.11 Å². The summed E-state index contributed by atoms with van der Waals surface area (Å²) in [6.45, 7) is -0.143. The number of hydrogen-bond acceptors (Lipinski definition) is 4. The van der Waals surface area contributed by atoms with Crippen molar-refractivity contribution in [1.29, 1.82) is 0 Å². The fourth-order valence-electron chi connectivity index (χ4n) is 1.99. The Labute approximate surface area is 97.4 Å². The molecular weight excluding hydrogens is 218 g/mol. The smallest absolute Gasteiger partial charge is 0.230 e. The first-order valence-electron chi connectivity index (χ1n) is 5.29. The number of aliphatic hydroxyl groups excluding tert-OH is 1. The average Bonchev–Trinajstić information content (AvgIpc) is 2.78. The van der Waals surface area contributed by atoms with Gasteiger partial charge in [-0.05, 0) is 18.2 Å². The van der Waals surface area contributed by atoms with Gasteiger partial charge in [0.15, 0.2) is 0 Å². The van der Waals surface area contributed by atoms with Crippen molar-refractivity contribution in [2.45, 2.75) is 6.61 Å². The van der Waals surface area contributed by atoms with E-state index in [-0.39, 0.29) is 6.61 Å². The maximum atomic E-state index is 9.08. The van der Waals surface area contributed by atoms with E-state index in [1.54, 1.807) is 13.2 Å². The van der Waals surface area contributed by atoms with Crippen LogP contribution in [0.2, 0.25) is 0 Å². The summed E-state index contributed by atoms with van der Waals surface area (Å²) in [6, 6.07) is 9.46. The van der Waals surface area contributed by atoms with Gasteiger partial charge in [-0.15, -0.1) is 0 Å². The lowest BCUT2D eigenvalue weighted by Crippen LogP contribution is -1.88. The highest BCUT2D eigenvalue weighted by molar-refractivity contribution is 5.99. The van der Waals surface area contributed by atoms with Crippen molar-refractivity contribution in [3.05, 3.63) is 36.1 Å². The zero-order valence-electron chi connectivity index (χ0n) is 9.30. The predicted octanol–water partition coefficient (Wildman–Crippen LogP) is 2.48. The van der Waals surface area contributed by atoms with Crippen LogP contribution in [0.15, 0.2) is 34.7 Å². The monoisotopic (exact) mass is 229 g/mol. The summed E-state index contributed by atoms with van der Waals surface area (Å²) in [6.07, 6.45) is 0. The standard InChI is InChI=1S/C13H11NO3/c1-16-12-9-4-2-3-5-11(9)14-13-10(12)6-8(7-15)17-13/h2-6,15H,7H2,1H3. The molecule has 0 saturated heterocycles. The molecule has 0 atom stereocenters. The van der Waals surface area contributed by atoms with Crippen molar-refractivity contribution in [1.82, 2.24) is 4.98 Å². The minimum atomic E-state index is -0.143. The molecule has 0 radical (unpaired) electrons. The number of hydrogen-bond donors (Lipinski definition) is 1. The van der Waals surface area contributed by atoms with Gasteiger partial charge in [0.25, 0.3) is 0 Å². The first-order valence-corrected chi connectivity index (χ1v) is 5.29. The Hall–Kier alpha value is -2.07. The van der Waals surface area contributed by atoms with Crippen LogP contribution in [0.4, 0.5) is 0 Å². The van der Waals surface area contributed by atoms with E-state index in [1.165, 1.54) is 0 Å². The maximum absolute atomic E-state index is 9.08. The van der Waals surface area contributed by atoms with Crippen molar-refractivity contribution < 1.29 is 14.3 Å². The van der Waals surface area contributed by atoms with Gasteiger partial charge in [0.2, 0.25) is 5.71 Å². The number of rotatable bonds is 2. The number of aromatic nitrogens is 1. The fraction of sp³-hybridized carbons (Fsp3) is 0.154. The van der Waals surface area contributed by atoms with Gasteiger partial charge in [0.05, 0.1) is 18.0 Å². The number of ether oxygens (including phenoxy) is 1. The minimum absolute atomic E-state index is 0.143. The van der Waals surface area contributed by atoms with Crippen molar-refractivity contribution >= 4 is 22.0 Å². The zero-order chi connectivity index (χ0) is 11.8. The minimum Gasteiger partial charge on any atom is -0.495 e. The number of nitrogens with zero attached hydrogens (tertiary/aromatic N) is 1. The van der Waals surface area contributed by atoms with Crippen LogP contribution in [0, 0.1) is 0 Å². The van der Waals surface area contributed by atoms with E-state index in [0.717, 1.165) is 22.0 Å². The number of fused-ring (bicyclic) bond motifs is 2. The van der Waals surface area contributed by atoms with Crippen LogP contribution in [0.25, 0.3) is 22.0 Å². The van der Waals surface area contributed by atoms with Gasteiger partial charge < -0.3 is 14.3 Å². The highest BCUT2D eigenvalue weighted by atomic mass is 16.5. The van der Waals surface area contributed by atoms with Gasteiger partial charge in [0, 0.05) is 5.39 Å². The van der Waals surface area contributed by atoms with Gasteiger partial charge in [-0.3, -0.25) is 0 Å². The Bertz CT molecular complexity index is 688. The van der Waals surface area contributed by atoms with Gasteiger partial charge in [-0.1, -0.05) is 12.1 Å². The molecule has 0 fully saturated rings. The Kier molecular flexibility index (Phi) is 2.23. The molecule has 1 aromatic carbocycles. The molecule has 1 N–H and O–H groups in total. The normalized spacial score (nSPS) is 11.2. The van der Waals surface area contributed by atoms with E-state index >= 15 is 0 Å². The number of aliphatic hydroxyl groups is 1. The first kappa shape index (κ1) is 10.1. The second-order valence-electron chi connectivity index (χ2n) is 3.75. The summed E-state index contributed by atoms with van der Waals surface area (Å²) in [5, 5.41) is 10.8. The summed E-state index contributed by atoms with van der Waals surface area (Å²) >= 11 is 0. The highest BCUT2D eigenvalue weighted by Gasteiger charge is 2.13. The van der Waals surface area contributed by atoms with E-state index in [9.17, 15) is 0 Å². The Morgan fingerprint density at radius 2 is 2.12 bits per heavy atom. The van der Waals surface area contributed by atoms with E-state index < -0.39 is 0 Å². The maximum Gasteiger partial charge on any atom is 0.230 e. The Morgan fingerprint density at radius 1 is 1.29 bits per heavy atom. The topological polar surface area (TPSA) is 55.5 Å². The summed E-state index contributed by atoms with van der Waals surface area (Å²) in [5.41, 5.74) is 1.31. The molecular formula is C13H11NO3. The van der Waals surface area contributed by atoms with Crippen LogP contribution in [-0.2, 0) is 6.61 Å². The molecule has 86 valence electrons. The van der Waals surface area contributed by atoms with Crippen molar-refractivity contribution in [2.24, 2.45) is 0 Å². The van der Waals surface area contributed by atoms with Gasteiger partial charge in [0.1, 0.15) is 18.1 Å². The summed E-state index contributed by atoms with van der Waals surface area (Å²) in [5.74, 6) is 1.22. The number of benzene rings is 1. The molecule has 0 spiro atoms. The quantitative estimate of drug-likeness (QED) is 0.733. The van der Waals surface area contributed by atoms with Gasteiger partial charge in [-0.2, -0.15) is 0 Å². The molecule has 2 heterocycles. The summed E-state index contributed by atoms with van der Waals surface area (Å²) < 4.78 is 10.8. The third-order valence-electron chi connectivity index (χ3n) is 2.74. The first-order chi connectivity index (χ1) is 8.33. The second-order valence-corrected chi connectivity index (χ2v) is 3.75. The number of methoxy groups -OCH3 is 1. The Balaban J connectivity index is 2.47. The lowest BCUT2D eigenvalue weighted by atomic mass is 10.1. The van der Waals surface area contributed by atoms with E-state index in [4.69, 9.17) is 14.3 Å². The lowest BCUT2D eigenvalue weighted by molar-refractivity contribution is 0.250. The molecule has 0 bridgehead atoms. The molecule has 0 unspecified atom stereocenters. The average molecular weight is 229 g/mol. The van der Waals surface area contributed by atoms with Crippen LogP contribution in [-0.4, -0.2) is 17.2 Å². The zero-order valence-corrected chi connectivity index (χ0v) is 9.30. The predicted molar refractivity (Wildman–Crippen MR) is 64.0 cm³/mol. The molecule has 2 aromatic heterocycles. The molecule has 3 aromatic rings. The Morgan fingerprint density at radius 3 is 2.88 bits per heavy atom. The lowest BCUT2D eigenvalue weighted by Gasteiger charge is -2.05. The summed E-state index contributed by atoms with van der Waals surface area (Å²) in [4.78, 5) is 4.40. The van der Waals surface area contributed by atoms with Crippen LogP contribution >= 0.6 is 0 Å². The summed E-state index contributed by atoms with van der Waals surface area (Å²) in [7, 11) is 1.62. The van der Waals surface area contributed by atoms with E-state index in [1.807, 2.05) is 24.3 Å². The molecule has 0 aliphatic heterocycles. The second kappa shape index (κ2) is 3.75. The number of furan rings is 1. The van der Waals surface area contributed by atoms with E-state index in [0.29, 0.717) is 11.5 Å². The molecule has 4 nitrogen and oxygen atoms in total. The molecule has 4 heteroatoms. The molecule has 0 amide bonds. The molecule has 0 aliphatic rings. The molecule has 0 aliphatic carbocycles. The van der Waals surface area contributed by atoms with E-state index in [2.05, 4.69) is 4.98 Å². The van der Waals surface area contributed by atoms with Crippen LogP contribution in [0.3, 0.4) is 0 Å². The van der Waals surface area contributed by atoms with Gasteiger partial charge >= 0.3 is 0 Å². The number of para-hydroxylation sites is 1.